The number of benzene rings is 1. The van der Waals surface area contributed by atoms with Gasteiger partial charge in [-0.25, -0.2) is 8.42 Å². The second kappa shape index (κ2) is 4.97. The van der Waals surface area contributed by atoms with Crippen molar-refractivity contribution in [2.75, 3.05) is 13.1 Å². The van der Waals surface area contributed by atoms with E-state index in [0.717, 1.165) is 25.8 Å². The van der Waals surface area contributed by atoms with E-state index in [4.69, 9.17) is 0 Å². The zero-order chi connectivity index (χ0) is 11.4. The highest BCUT2D eigenvalue weighted by Gasteiger charge is 2.27. The Hall–Kier alpha value is -0.870. The van der Waals surface area contributed by atoms with Crippen molar-refractivity contribution in [1.29, 1.82) is 0 Å². The van der Waals surface area contributed by atoms with Gasteiger partial charge in [-0.05, 0) is 31.5 Å². The molecule has 1 aliphatic rings. The van der Waals surface area contributed by atoms with Gasteiger partial charge in [-0.3, -0.25) is 0 Å². The monoisotopic (exact) mass is 239 g/mol. The van der Waals surface area contributed by atoms with Crippen molar-refractivity contribution in [1.82, 2.24) is 5.32 Å². The van der Waals surface area contributed by atoms with Gasteiger partial charge in [0.15, 0.2) is 9.84 Å². The molecule has 0 saturated carbocycles. The Balaban J connectivity index is 2.24. The van der Waals surface area contributed by atoms with Crippen LogP contribution in [0.5, 0.6) is 0 Å². The molecule has 1 fully saturated rings. The first-order valence-corrected chi connectivity index (χ1v) is 7.25. The van der Waals surface area contributed by atoms with Gasteiger partial charge in [-0.1, -0.05) is 24.6 Å². The highest BCUT2D eigenvalue weighted by molar-refractivity contribution is 7.92. The van der Waals surface area contributed by atoms with Gasteiger partial charge in [0, 0.05) is 6.54 Å². The van der Waals surface area contributed by atoms with Gasteiger partial charge in [0.05, 0.1) is 10.1 Å². The zero-order valence-electron chi connectivity index (χ0n) is 9.22. The minimum absolute atomic E-state index is 0.266. The van der Waals surface area contributed by atoms with Gasteiger partial charge in [0.1, 0.15) is 0 Å². The average molecular weight is 239 g/mol. The predicted molar refractivity (Wildman–Crippen MR) is 64.1 cm³/mol. The van der Waals surface area contributed by atoms with Crippen LogP contribution in [0.3, 0.4) is 0 Å². The average Bonchev–Trinajstić information content (AvgIpc) is 2.59. The molecular formula is C12H17NO2S. The molecular weight excluding hydrogens is 222 g/mol. The molecule has 1 atom stereocenters. The first-order chi connectivity index (χ1) is 7.71. The Morgan fingerprint density at radius 1 is 1.12 bits per heavy atom. The third kappa shape index (κ3) is 2.44. The Bertz CT molecular complexity index is 420. The summed E-state index contributed by atoms with van der Waals surface area (Å²) in [6.07, 6.45) is 2.83. The first-order valence-electron chi connectivity index (χ1n) is 5.71. The molecule has 1 aromatic carbocycles. The Morgan fingerprint density at radius 3 is 2.62 bits per heavy atom. The van der Waals surface area contributed by atoms with E-state index >= 15 is 0 Å². The number of nitrogens with one attached hydrogen (secondary N) is 1. The van der Waals surface area contributed by atoms with Crippen LogP contribution < -0.4 is 5.32 Å². The van der Waals surface area contributed by atoms with Crippen molar-refractivity contribution in [2.24, 2.45) is 0 Å². The summed E-state index contributed by atoms with van der Waals surface area (Å²) < 4.78 is 24.6. The molecule has 1 N–H and O–H groups in total. The molecule has 16 heavy (non-hydrogen) atoms. The van der Waals surface area contributed by atoms with Crippen molar-refractivity contribution in [3.63, 3.8) is 0 Å². The standard InChI is InChI=1S/C12H17NO2S/c14-16(15,11-6-2-1-3-7-11)12-8-4-5-9-13-10-12/h1-3,6-7,12-13H,4-5,8-10H2. The number of hydrogen-bond donors (Lipinski definition) is 1. The van der Waals surface area contributed by atoms with Crippen LogP contribution in [0.15, 0.2) is 35.2 Å². The van der Waals surface area contributed by atoms with Gasteiger partial charge in [0.2, 0.25) is 0 Å². The van der Waals surface area contributed by atoms with Gasteiger partial charge in [0.25, 0.3) is 0 Å². The molecule has 1 heterocycles. The van der Waals surface area contributed by atoms with Gasteiger partial charge >= 0.3 is 0 Å². The summed E-state index contributed by atoms with van der Waals surface area (Å²) in [5.41, 5.74) is 0. The van der Waals surface area contributed by atoms with Gasteiger partial charge in [-0.15, -0.1) is 0 Å². The summed E-state index contributed by atoms with van der Waals surface area (Å²) in [4.78, 5) is 0.448. The largest absolute Gasteiger partial charge is 0.315 e. The van der Waals surface area contributed by atoms with E-state index in [1.54, 1.807) is 24.3 Å². The number of sulfone groups is 1. The van der Waals surface area contributed by atoms with E-state index in [1.807, 2.05) is 6.07 Å². The normalized spacial score (nSPS) is 22.6. The minimum atomic E-state index is -3.15. The van der Waals surface area contributed by atoms with Crippen molar-refractivity contribution in [3.8, 4) is 0 Å². The molecule has 1 unspecified atom stereocenters. The Labute approximate surface area is 96.8 Å². The van der Waals surface area contributed by atoms with Crippen LogP contribution >= 0.6 is 0 Å². The molecule has 0 bridgehead atoms. The maximum atomic E-state index is 12.3. The number of rotatable bonds is 2. The first kappa shape index (κ1) is 11.6. The number of hydrogen-bond acceptors (Lipinski definition) is 3. The van der Waals surface area contributed by atoms with E-state index < -0.39 is 9.84 Å². The fourth-order valence-electron chi connectivity index (χ4n) is 2.05. The predicted octanol–water partition coefficient (Wildman–Crippen LogP) is 1.60. The van der Waals surface area contributed by atoms with Crippen molar-refractivity contribution in [2.45, 2.75) is 29.4 Å². The third-order valence-corrected chi connectivity index (χ3v) is 5.22. The zero-order valence-corrected chi connectivity index (χ0v) is 10.0. The van der Waals surface area contributed by atoms with Crippen molar-refractivity contribution in [3.05, 3.63) is 30.3 Å². The fourth-order valence-corrected chi connectivity index (χ4v) is 3.79. The summed E-state index contributed by atoms with van der Waals surface area (Å²) in [6, 6.07) is 8.75. The summed E-state index contributed by atoms with van der Waals surface area (Å²) >= 11 is 0. The van der Waals surface area contributed by atoms with E-state index in [1.165, 1.54) is 0 Å². The lowest BCUT2D eigenvalue weighted by Gasteiger charge is -2.15. The van der Waals surface area contributed by atoms with Crippen LogP contribution in [-0.2, 0) is 9.84 Å². The quantitative estimate of drug-likeness (QED) is 0.852. The van der Waals surface area contributed by atoms with Crippen LogP contribution in [0.4, 0.5) is 0 Å². The van der Waals surface area contributed by atoms with Crippen LogP contribution in [0.25, 0.3) is 0 Å². The van der Waals surface area contributed by atoms with E-state index in [0.29, 0.717) is 11.4 Å². The van der Waals surface area contributed by atoms with Gasteiger partial charge < -0.3 is 5.32 Å². The Morgan fingerprint density at radius 2 is 1.88 bits per heavy atom. The fraction of sp³-hybridized carbons (Fsp3) is 0.500. The smallest absolute Gasteiger partial charge is 0.182 e. The molecule has 1 saturated heterocycles. The second-order valence-corrected chi connectivity index (χ2v) is 6.41. The summed E-state index contributed by atoms with van der Waals surface area (Å²) in [6.45, 7) is 1.51. The van der Waals surface area contributed by atoms with Gasteiger partial charge in [-0.2, -0.15) is 0 Å². The molecule has 3 nitrogen and oxygen atoms in total. The highest BCUT2D eigenvalue weighted by atomic mass is 32.2. The molecule has 0 aliphatic carbocycles. The third-order valence-electron chi connectivity index (χ3n) is 3.01. The summed E-state index contributed by atoms with van der Waals surface area (Å²) in [5, 5.41) is 2.93. The van der Waals surface area contributed by atoms with Crippen LogP contribution in [0.1, 0.15) is 19.3 Å². The topological polar surface area (TPSA) is 46.2 Å². The lowest BCUT2D eigenvalue weighted by atomic mass is 10.2. The van der Waals surface area contributed by atoms with E-state index in [2.05, 4.69) is 5.32 Å². The Kier molecular flexibility index (Phi) is 3.61. The maximum absolute atomic E-state index is 12.3. The maximum Gasteiger partial charge on any atom is 0.182 e. The lowest BCUT2D eigenvalue weighted by molar-refractivity contribution is 0.567. The van der Waals surface area contributed by atoms with Crippen molar-refractivity contribution >= 4 is 9.84 Å². The molecule has 0 amide bonds. The van der Waals surface area contributed by atoms with Crippen LogP contribution in [0, 0.1) is 0 Å². The van der Waals surface area contributed by atoms with Crippen molar-refractivity contribution < 1.29 is 8.42 Å². The molecule has 0 radical (unpaired) electrons. The highest BCUT2D eigenvalue weighted by Crippen LogP contribution is 2.20. The molecule has 1 aliphatic heterocycles. The van der Waals surface area contributed by atoms with E-state index in [9.17, 15) is 8.42 Å². The SMILES string of the molecule is O=S(=O)(c1ccccc1)C1CCCCNC1. The molecule has 1 aromatic rings. The molecule has 0 aromatic heterocycles. The minimum Gasteiger partial charge on any atom is -0.315 e. The lowest BCUT2D eigenvalue weighted by Crippen LogP contribution is -2.31. The summed E-state index contributed by atoms with van der Waals surface area (Å²) in [7, 11) is -3.15. The van der Waals surface area contributed by atoms with Crippen LogP contribution in [-0.4, -0.2) is 26.8 Å². The molecule has 4 heteroatoms. The van der Waals surface area contributed by atoms with Crippen LogP contribution in [0.2, 0.25) is 0 Å². The van der Waals surface area contributed by atoms with E-state index in [-0.39, 0.29) is 5.25 Å². The molecule has 88 valence electrons. The second-order valence-electron chi connectivity index (χ2n) is 4.18. The molecule has 0 spiro atoms. The molecule has 2 rings (SSSR count). The summed E-state index contributed by atoms with van der Waals surface area (Å²) in [5.74, 6) is 0.